The molecule has 0 unspecified atom stereocenters. The predicted molar refractivity (Wildman–Crippen MR) is 102 cm³/mol. The third-order valence-electron chi connectivity index (χ3n) is 5.59. The van der Waals surface area contributed by atoms with Crippen molar-refractivity contribution >= 4 is 15.9 Å². The van der Waals surface area contributed by atoms with E-state index in [9.17, 15) is 13.2 Å². The van der Waals surface area contributed by atoms with Crippen LogP contribution in [-0.2, 0) is 14.8 Å². The molecule has 1 aliphatic heterocycles. The highest BCUT2D eigenvalue weighted by Crippen LogP contribution is 2.27. The second-order valence-corrected chi connectivity index (χ2v) is 9.58. The molecule has 1 aliphatic carbocycles. The van der Waals surface area contributed by atoms with Crippen LogP contribution in [0.25, 0.3) is 0 Å². The highest BCUT2D eigenvalue weighted by molar-refractivity contribution is 7.89. The summed E-state index contributed by atoms with van der Waals surface area (Å²) in [6.45, 7) is 2.44. The van der Waals surface area contributed by atoms with Crippen molar-refractivity contribution in [2.45, 2.75) is 81.7 Å². The van der Waals surface area contributed by atoms with E-state index in [2.05, 4.69) is 5.32 Å². The van der Waals surface area contributed by atoms with Crippen molar-refractivity contribution in [1.29, 1.82) is 0 Å². The summed E-state index contributed by atoms with van der Waals surface area (Å²) in [4.78, 5) is 12.8. The molecule has 1 aromatic carbocycles. The zero-order valence-electron chi connectivity index (χ0n) is 15.6. The van der Waals surface area contributed by atoms with Gasteiger partial charge in [0.05, 0.1) is 4.90 Å². The predicted octanol–water partition coefficient (Wildman–Crippen LogP) is 3.38. The van der Waals surface area contributed by atoms with E-state index >= 15 is 0 Å². The standard InChI is InChI=1S/C20H30N2O3S/c1-16-10-12-19(13-11-16)26(24,25)22-14-6-5-9-18(22)15-20(23)21-17-7-3-2-4-8-17/h10-13,17-18H,2-9,14-15H2,1H3,(H,21,23)/t18-/m0/s1. The number of aryl methyl sites for hydroxylation is 1. The molecule has 0 radical (unpaired) electrons. The Hall–Kier alpha value is -1.40. The minimum atomic E-state index is -3.55. The van der Waals surface area contributed by atoms with E-state index in [1.807, 2.05) is 19.1 Å². The van der Waals surface area contributed by atoms with E-state index in [0.29, 0.717) is 11.4 Å². The first kappa shape index (κ1) is 19.4. The van der Waals surface area contributed by atoms with Crippen LogP contribution in [-0.4, -0.2) is 37.3 Å². The monoisotopic (exact) mass is 378 g/mol. The van der Waals surface area contributed by atoms with Gasteiger partial charge in [0.15, 0.2) is 0 Å². The fourth-order valence-corrected chi connectivity index (χ4v) is 5.78. The van der Waals surface area contributed by atoms with Crippen LogP contribution < -0.4 is 5.32 Å². The SMILES string of the molecule is Cc1ccc(S(=O)(=O)N2CCCC[C@H]2CC(=O)NC2CCCCC2)cc1. The van der Waals surface area contributed by atoms with Gasteiger partial charge in [0.1, 0.15) is 0 Å². The number of carbonyl (C=O) groups excluding carboxylic acids is 1. The number of hydrogen-bond acceptors (Lipinski definition) is 3. The number of carbonyl (C=O) groups is 1. The van der Waals surface area contributed by atoms with Crippen molar-refractivity contribution < 1.29 is 13.2 Å². The zero-order valence-corrected chi connectivity index (χ0v) is 16.4. The second-order valence-electron chi connectivity index (χ2n) is 7.68. The Morgan fingerprint density at radius 2 is 1.69 bits per heavy atom. The fraction of sp³-hybridized carbons (Fsp3) is 0.650. The van der Waals surface area contributed by atoms with Crippen LogP contribution in [0.5, 0.6) is 0 Å². The average Bonchev–Trinajstić information content (AvgIpc) is 2.63. The second kappa shape index (κ2) is 8.53. The Bertz CT molecular complexity index is 709. The van der Waals surface area contributed by atoms with Gasteiger partial charge >= 0.3 is 0 Å². The van der Waals surface area contributed by atoms with Gasteiger partial charge in [-0.3, -0.25) is 4.79 Å². The molecule has 26 heavy (non-hydrogen) atoms. The van der Waals surface area contributed by atoms with Crippen molar-refractivity contribution in [3.63, 3.8) is 0 Å². The molecule has 1 amide bonds. The van der Waals surface area contributed by atoms with Gasteiger partial charge in [-0.25, -0.2) is 8.42 Å². The molecule has 1 heterocycles. The minimum Gasteiger partial charge on any atom is -0.353 e. The van der Waals surface area contributed by atoms with Crippen LogP contribution in [0.2, 0.25) is 0 Å². The summed E-state index contributed by atoms with van der Waals surface area (Å²) >= 11 is 0. The van der Waals surface area contributed by atoms with Gasteiger partial charge in [-0.15, -0.1) is 0 Å². The smallest absolute Gasteiger partial charge is 0.243 e. The molecule has 1 saturated heterocycles. The Kier molecular flexibility index (Phi) is 6.35. The van der Waals surface area contributed by atoms with Gasteiger partial charge in [0.25, 0.3) is 0 Å². The van der Waals surface area contributed by atoms with Crippen LogP contribution >= 0.6 is 0 Å². The Labute approximate surface area is 157 Å². The van der Waals surface area contributed by atoms with Crippen molar-refractivity contribution in [3.8, 4) is 0 Å². The molecule has 1 saturated carbocycles. The van der Waals surface area contributed by atoms with Gasteiger partial charge in [0, 0.05) is 25.0 Å². The van der Waals surface area contributed by atoms with Crippen LogP contribution in [0.15, 0.2) is 29.2 Å². The van der Waals surface area contributed by atoms with E-state index < -0.39 is 10.0 Å². The van der Waals surface area contributed by atoms with Crippen LogP contribution in [0.1, 0.15) is 63.4 Å². The molecule has 1 N–H and O–H groups in total. The zero-order chi connectivity index (χ0) is 18.6. The maximum atomic E-state index is 13.1. The number of sulfonamides is 1. The van der Waals surface area contributed by atoms with Gasteiger partial charge in [-0.1, -0.05) is 43.4 Å². The average molecular weight is 379 g/mol. The lowest BCUT2D eigenvalue weighted by Crippen LogP contribution is -2.47. The summed E-state index contributed by atoms with van der Waals surface area (Å²) in [5.41, 5.74) is 1.03. The maximum Gasteiger partial charge on any atom is 0.243 e. The normalized spacial score (nSPS) is 22.9. The summed E-state index contributed by atoms with van der Waals surface area (Å²) in [5, 5.41) is 3.12. The van der Waals surface area contributed by atoms with Crippen molar-refractivity contribution in [2.75, 3.05) is 6.54 Å². The lowest BCUT2D eigenvalue weighted by molar-refractivity contribution is -0.123. The minimum absolute atomic E-state index is 0.00657. The highest BCUT2D eigenvalue weighted by atomic mass is 32.2. The molecule has 1 atom stereocenters. The number of nitrogens with zero attached hydrogens (tertiary/aromatic N) is 1. The molecule has 0 aromatic heterocycles. The first-order valence-electron chi connectivity index (χ1n) is 9.85. The summed E-state index contributed by atoms with van der Waals surface area (Å²) in [7, 11) is -3.55. The number of benzene rings is 1. The lowest BCUT2D eigenvalue weighted by Gasteiger charge is -2.35. The quantitative estimate of drug-likeness (QED) is 0.854. The highest BCUT2D eigenvalue weighted by Gasteiger charge is 2.34. The molecule has 1 aromatic rings. The maximum absolute atomic E-state index is 13.1. The largest absolute Gasteiger partial charge is 0.353 e. The third kappa shape index (κ3) is 4.65. The van der Waals surface area contributed by atoms with Crippen LogP contribution in [0, 0.1) is 6.92 Å². The van der Waals surface area contributed by atoms with Crippen molar-refractivity contribution in [2.24, 2.45) is 0 Å². The van der Waals surface area contributed by atoms with E-state index in [0.717, 1.165) is 37.7 Å². The third-order valence-corrected chi connectivity index (χ3v) is 7.56. The molecular formula is C20H30N2O3S. The van der Waals surface area contributed by atoms with E-state index in [4.69, 9.17) is 0 Å². The number of piperidine rings is 1. The molecule has 5 nitrogen and oxygen atoms in total. The Morgan fingerprint density at radius 1 is 1.04 bits per heavy atom. The van der Waals surface area contributed by atoms with Gasteiger partial charge in [-0.2, -0.15) is 4.31 Å². The molecule has 0 spiro atoms. The van der Waals surface area contributed by atoms with E-state index in [-0.39, 0.29) is 24.4 Å². The molecule has 6 heteroatoms. The molecule has 2 aliphatic rings. The van der Waals surface area contributed by atoms with E-state index in [1.165, 1.54) is 19.3 Å². The fourth-order valence-electron chi connectivity index (χ4n) is 4.09. The number of rotatable bonds is 5. The topological polar surface area (TPSA) is 66.5 Å². The van der Waals surface area contributed by atoms with Crippen molar-refractivity contribution in [1.82, 2.24) is 9.62 Å². The molecule has 2 fully saturated rings. The van der Waals surface area contributed by atoms with Gasteiger partial charge < -0.3 is 5.32 Å². The molecular weight excluding hydrogens is 348 g/mol. The molecule has 144 valence electrons. The van der Waals surface area contributed by atoms with Crippen molar-refractivity contribution in [3.05, 3.63) is 29.8 Å². The summed E-state index contributed by atoms with van der Waals surface area (Å²) < 4.78 is 27.7. The first-order chi connectivity index (χ1) is 12.5. The Morgan fingerprint density at radius 3 is 2.38 bits per heavy atom. The van der Waals surface area contributed by atoms with E-state index in [1.54, 1.807) is 16.4 Å². The van der Waals surface area contributed by atoms with Crippen LogP contribution in [0.3, 0.4) is 0 Å². The Balaban J connectivity index is 1.68. The summed E-state index contributed by atoms with van der Waals surface area (Å²) in [6, 6.07) is 7.00. The summed E-state index contributed by atoms with van der Waals surface area (Å²) in [5.74, 6) is -0.00657. The van der Waals surface area contributed by atoms with Gasteiger partial charge in [-0.05, 0) is 44.7 Å². The first-order valence-corrected chi connectivity index (χ1v) is 11.3. The summed E-state index contributed by atoms with van der Waals surface area (Å²) in [6.07, 6.45) is 8.52. The number of nitrogens with one attached hydrogen (secondary N) is 1. The number of hydrogen-bond donors (Lipinski definition) is 1. The lowest BCUT2D eigenvalue weighted by atomic mass is 9.95. The van der Waals surface area contributed by atoms with Gasteiger partial charge in [0.2, 0.25) is 15.9 Å². The molecule has 3 rings (SSSR count). The molecule has 0 bridgehead atoms. The number of amides is 1. The van der Waals surface area contributed by atoms with Crippen LogP contribution in [0.4, 0.5) is 0 Å².